The highest BCUT2D eigenvalue weighted by Gasteiger charge is 2.07. The van der Waals surface area contributed by atoms with E-state index in [2.05, 4.69) is 99.8 Å². The number of rotatable bonds is 8. The van der Waals surface area contributed by atoms with E-state index in [0.29, 0.717) is 5.75 Å². The van der Waals surface area contributed by atoms with Crippen LogP contribution in [0.3, 0.4) is 0 Å². The minimum atomic E-state index is -0.978. The van der Waals surface area contributed by atoms with Gasteiger partial charge in [0.1, 0.15) is 5.75 Å². The predicted molar refractivity (Wildman–Crippen MR) is 136 cm³/mol. The fourth-order valence-electron chi connectivity index (χ4n) is 2.73. The van der Waals surface area contributed by atoms with Crippen LogP contribution in [0.2, 0.25) is 0 Å². The molecule has 0 saturated heterocycles. The summed E-state index contributed by atoms with van der Waals surface area (Å²) in [6, 6.07) is 24.7. The summed E-state index contributed by atoms with van der Waals surface area (Å²) in [5.41, 5.74) is 3.62. The molecule has 0 radical (unpaired) electrons. The summed E-state index contributed by atoms with van der Waals surface area (Å²) in [4.78, 5) is 11.8. The molecular formula is C23H18I2O3S. The highest BCUT2D eigenvalue weighted by atomic mass is 127. The Morgan fingerprint density at radius 1 is 0.966 bits per heavy atom. The van der Waals surface area contributed by atoms with Gasteiger partial charge in [-0.3, -0.25) is 0 Å². The van der Waals surface area contributed by atoms with Crippen LogP contribution in [0.5, 0.6) is 5.75 Å². The van der Waals surface area contributed by atoms with Crippen molar-refractivity contribution in [2.75, 3.05) is 12.4 Å². The maximum atomic E-state index is 10.7. The summed E-state index contributed by atoms with van der Waals surface area (Å²) >= 11 is 6.25. The maximum Gasteiger partial charge on any atom is 0.341 e. The Kier molecular flexibility index (Phi) is 8.43. The normalized spacial score (nSPS) is 11.3. The molecule has 0 spiro atoms. The third-order valence-corrected chi connectivity index (χ3v) is 6.45. The maximum absolute atomic E-state index is 10.7. The van der Waals surface area contributed by atoms with Crippen LogP contribution in [0, 0.1) is 7.14 Å². The second-order valence-corrected chi connectivity index (χ2v) is 9.58. The van der Waals surface area contributed by atoms with Crippen LogP contribution in [0.1, 0.15) is 11.1 Å². The first-order valence-electron chi connectivity index (χ1n) is 8.81. The minimum absolute atomic E-state index is 0.332. The van der Waals surface area contributed by atoms with Crippen molar-refractivity contribution in [3.63, 3.8) is 0 Å². The zero-order valence-electron chi connectivity index (χ0n) is 15.3. The Labute approximate surface area is 201 Å². The van der Waals surface area contributed by atoms with Gasteiger partial charge in [0, 0.05) is 14.2 Å². The van der Waals surface area contributed by atoms with Crippen molar-refractivity contribution in [3.8, 4) is 5.75 Å². The largest absolute Gasteiger partial charge is 0.481 e. The van der Waals surface area contributed by atoms with Gasteiger partial charge in [0.15, 0.2) is 6.61 Å². The van der Waals surface area contributed by atoms with Crippen molar-refractivity contribution in [3.05, 3.63) is 97.1 Å². The molecule has 0 saturated carbocycles. The number of carboxylic acids is 1. The fourth-order valence-corrected chi connectivity index (χ4v) is 4.96. The highest BCUT2D eigenvalue weighted by molar-refractivity contribution is 14.1. The molecule has 148 valence electrons. The van der Waals surface area contributed by atoms with E-state index >= 15 is 0 Å². The number of carboxylic acid groups (broad SMARTS) is 1. The molecule has 0 amide bonds. The van der Waals surface area contributed by atoms with Gasteiger partial charge in [-0.2, -0.15) is 0 Å². The number of carbonyl (C=O) groups is 1. The van der Waals surface area contributed by atoms with Gasteiger partial charge in [-0.15, -0.1) is 11.8 Å². The van der Waals surface area contributed by atoms with Gasteiger partial charge in [-0.05, 0) is 92.2 Å². The molecule has 0 atom stereocenters. The molecule has 0 unspecified atom stereocenters. The van der Waals surface area contributed by atoms with Crippen molar-refractivity contribution in [2.45, 2.75) is 4.90 Å². The molecule has 29 heavy (non-hydrogen) atoms. The third kappa shape index (κ3) is 6.75. The average Bonchev–Trinajstić information content (AvgIpc) is 2.71. The van der Waals surface area contributed by atoms with E-state index in [1.54, 1.807) is 11.8 Å². The lowest BCUT2D eigenvalue weighted by molar-refractivity contribution is -0.139. The van der Waals surface area contributed by atoms with Crippen molar-refractivity contribution < 1.29 is 14.6 Å². The van der Waals surface area contributed by atoms with Gasteiger partial charge in [0.05, 0.1) is 3.57 Å². The lowest BCUT2D eigenvalue weighted by Crippen LogP contribution is -2.10. The van der Waals surface area contributed by atoms with E-state index in [-0.39, 0.29) is 6.61 Å². The topological polar surface area (TPSA) is 46.5 Å². The molecule has 3 aromatic carbocycles. The number of hydrogen-bond acceptors (Lipinski definition) is 3. The minimum Gasteiger partial charge on any atom is -0.481 e. The van der Waals surface area contributed by atoms with Crippen LogP contribution in [-0.2, 0) is 4.79 Å². The first-order chi connectivity index (χ1) is 14.0. The van der Waals surface area contributed by atoms with E-state index in [1.807, 2.05) is 24.3 Å². The van der Waals surface area contributed by atoms with Gasteiger partial charge in [0.25, 0.3) is 0 Å². The van der Waals surface area contributed by atoms with Gasteiger partial charge in [-0.25, -0.2) is 4.79 Å². The molecule has 1 N–H and O–H groups in total. The summed E-state index contributed by atoms with van der Waals surface area (Å²) < 4.78 is 7.40. The fraction of sp³-hybridized carbons (Fsp3) is 0.0870. The molecule has 0 aromatic heterocycles. The zero-order valence-corrected chi connectivity index (χ0v) is 20.5. The van der Waals surface area contributed by atoms with Crippen LogP contribution < -0.4 is 4.74 Å². The molecule has 3 rings (SSSR count). The first-order valence-corrected chi connectivity index (χ1v) is 12.0. The Morgan fingerprint density at radius 3 is 2.41 bits per heavy atom. The quantitative estimate of drug-likeness (QED) is 0.226. The van der Waals surface area contributed by atoms with E-state index in [4.69, 9.17) is 9.84 Å². The predicted octanol–water partition coefficient (Wildman–Crippen LogP) is 6.58. The summed E-state index contributed by atoms with van der Waals surface area (Å²) in [7, 11) is 0. The Morgan fingerprint density at radius 2 is 1.72 bits per heavy atom. The Hall–Kier alpha value is -1.52. The van der Waals surface area contributed by atoms with Gasteiger partial charge >= 0.3 is 5.97 Å². The molecule has 0 fully saturated rings. The lowest BCUT2D eigenvalue weighted by atomic mass is 9.98. The molecule has 6 heteroatoms. The number of aliphatic carboxylic acids is 1. The monoisotopic (exact) mass is 628 g/mol. The number of hydrogen-bond donors (Lipinski definition) is 1. The first kappa shape index (κ1) is 22.2. The van der Waals surface area contributed by atoms with E-state index in [0.717, 1.165) is 14.2 Å². The molecule has 3 nitrogen and oxygen atoms in total. The highest BCUT2D eigenvalue weighted by Crippen LogP contribution is 2.30. The lowest BCUT2D eigenvalue weighted by Gasteiger charge is -2.10. The SMILES string of the molecule is O=C(O)COc1ccc(SC/C=C(/c2ccccc2)c2cccc(I)c2)cc1I. The van der Waals surface area contributed by atoms with Crippen molar-refractivity contribution in [2.24, 2.45) is 0 Å². The number of benzene rings is 3. The second-order valence-electron chi connectivity index (χ2n) is 6.08. The van der Waals surface area contributed by atoms with E-state index in [1.165, 1.54) is 20.3 Å². The summed E-state index contributed by atoms with van der Waals surface area (Å²) in [6.07, 6.45) is 2.26. The number of thioether (sulfide) groups is 1. The Bertz CT molecular complexity index is 1020. The van der Waals surface area contributed by atoms with Crippen LogP contribution in [0.25, 0.3) is 5.57 Å². The standard InChI is InChI=1S/C23H18I2O3S/c24-18-8-4-7-17(13-18)20(16-5-2-1-3-6-16)11-12-29-19-9-10-22(21(25)14-19)28-15-23(26)27/h1-11,13-14H,12,15H2,(H,26,27)/b20-11-. The Balaban J connectivity index is 1.76. The molecule has 0 aliphatic carbocycles. The molecule has 0 bridgehead atoms. The molecule has 0 aliphatic rings. The van der Waals surface area contributed by atoms with Crippen molar-refractivity contribution in [1.29, 1.82) is 0 Å². The molecule has 3 aromatic rings. The van der Waals surface area contributed by atoms with Crippen LogP contribution in [0.4, 0.5) is 0 Å². The number of ether oxygens (including phenoxy) is 1. The van der Waals surface area contributed by atoms with Crippen LogP contribution >= 0.6 is 56.9 Å². The van der Waals surface area contributed by atoms with E-state index in [9.17, 15) is 4.79 Å². The molecular weight excluding hydrogens is 610 g/mol. The van der Waals surface area contributed by atoms with Gasteiger partial charge in [-0.1, -0.05) is 48.5 Å². The summed E-state index contributed by atoms with van der Waals surface area (Å²) in [5.74, 6) is 0.436. The zero-order chi connectivity index (χ0) is 20.6. The van der Waals surface area contributed by atoms with Crippen LogP contribution in [0.15, 0.2) is 83.8 Å². The molecule has 0 aliphatic heterocycles. The second kappa shape index (κ2) is 11.0. The van der Waals surface area contributed by atoms with E-state index < -0.39 is 5.97 Å². The molecule has 0 heterocycles. The van der Waals surface area contributed by atoms with Crippen molar-refractivity contribution in [1.82, 2.24) is 0 Å². The van der Waals surface area contributed by atoms with Crippen LogP contribution in [-0.4, -0.2) is 23.4 Å². The third-order valence-electron chi connectivity index (χ3n) is 4.01. The van der Waals surface area contributed by atoms with Crippen molar-refractivity contribution >= 4 is 68.5 Å². The smallest absolute Gasteiger partial charge is 0.341 e. The summed E-state index contributed by atoms with van der Waals surface area (Å²) in [6.45, 7) is -0.332. The summed E-state index contributed by atoms with van der Waals surface area (Å²) in [5, 5.41) is 8.75. The van der Waals surface area contributed by atoms with Gasteiger partial charge < -0.3 is 9.84 Å². The number of halogens is 2. The average molecular weight is 628 g/mol. The van der Waals surface area contributed by atoms with Gasteiger partial charge in [0.2, 0.25) is 0 Å².